The van der Waals surface area contributed by atoms with E-state index in [1.54, 1.807) is 0 Å². The monoisotopic (exact) mass is 356 g/mol. The van der Waals surface area contributed by atoms with Gasteiger partial charge in [-0.2, -0.15) is 4.98 Å². The Bertz CT molecular complexity index is 759. The number of hydrogen-bond donors (Lipinski definition) is 1. The van der Waals surface area contributed by atoms with Gasteiger partial charge in [0.1, 0.15) is 0 Å². The second kappa shape index (κ2) is 6.83. The van der Waals surface area contributed by atoms with Gasteiger partial charge in [0.15, 0.2) is 12.1 Å². The van der Waals surface area contributed by atoms with E-state index >= 15 is 0 Å². The number of piperazine rings is 1. The zero-order valence-electron chi connectivity index (χ0n) is 15.3. The molecule has 0 saturated carbocycles. The van der Waals surface area contributed by atoms with Crippen molar-refractivity contribution in [3.8, 4) is 17.3 Å². The summed E-state index contributed by atoms with van der Waals surface area (Å²) < 4.78 is 11.1. The molecule has 138 valence electrons. The lowest BCUT2D eigenvalue weighted by atomic mass is 10.1. The minimum absolute atomic E-state index is 0.0439. The maximum Gasteiger partial charge on any atom is 0.223 e. The average molecular weight is 356 g/mol. The van der Waals surface area contributed by atoms with Crippen molar-refractivity contribution < 1.29 is 14.6 Å². The third-order valence-corrected chi connectivity index (χ3v) is 5.08. The molecule has 0 aliphatic carbocycles. The maximum atomic E-state index is 9.93. The lowest BCUT2D eigenvalue weighted by Crippen LogP contribution is -2.57. The molecule has 7 heteroatoms. The molecule has 7 nitrogen and oxygen atoms in total. The van der Waals surface area contributed by atoms with E-state index in [1.807, 2.05) is 32.9 Å². The minimum Gasteiger partial charge on any atom is -0.493 e. The Morgan fingerprint density at radius 3 is 2.23 bits per heavy atom. The first kappa shape index (κ1) is 17.2. The van der Waals surface area contributed by atoms with Gasteiger partial charge in [-0.15, -0.1) is 0 Å². The summed E-state index contributed by atoms with van der Waals surface area (Å²) in [6.45, 7) is 9.28. The van der Waals surface area contributed by atoms with Crippen LogP contribution in [0.15, 0.2) is 24.3 Å². The fourth-order valence-electron chi connectivity index (χ4n) is 3.27. The zero-order chi connectivity index (χ0) is 18.3. The molecule has 4 rings (SSSR count). The van der Waals surface area contributed by atoms with Crippen LogP contribution in [0.25, 0.3) is 11.4 Å². The van der Waals surface area contributed by atoms with E-state index in [-0.39, 0.29) is 18.6 Å². The average Bonchev–Trinajstić information content (AvgIpc) is 2.63. The largest absolute Gasteiger partial charge is 0.493 e. The summed E-state index contributed by atoms with van der Waals surface area (Å²) in [5, 5.41) is 9.93. The Morgan fingerprint density at radius 2 is 1.65 bits per heavy atom. The van der Waals surface area contributed by atoms with E-state index in [4.69, 9.17) is 9.47 Å². The van der Waals surface area contributed by atoms with Crippen molar-refractivity contribution in [1.29, 1.82) is 0 Å². The predicted molar refractivity (Wildman–Crippen MR) is 97.8 cm³/mol. The zero-order valence-corrected chi connectivity index (χ0v) is 15.3. The molecule has 1 N–H and O–H groups in total. The molecule has 2 saturated heterocycles. The first-order valence-electron chi connectivity index (χ1n) is 8.96. The molecule has 2 fully saturated rings. The van der Waals surface area contributed by atoms with Crippen molar-refractivity contribution >= 4 is 5.69 Å². The number of aryl methyl sites for hydroxylation is 1. The normalized spacial score (nSPS) is 23.7. The molecule has 0 amide bonds. The molecule has 1 aromatic heterocycles. The van der Waals surface area contributed by atoms with Crippen molar-refractivity contribution in [1.82, 2.24) is 14.9 Å². The van der Waals surface area contributed by atoms with E-state index in [0.29, 0.717) is 5.82 Å². The van der Waals surface area contributed by atoms with Gasteiger partial charge in [-0.05, 0) is 45.0 Å². The van der Waals surface area contributed by atoms with Gasteiger partial charge < -0.3 is 19.5 Å². The molecule has 0 spiro atoms. The first-order chi connectivity index (χ1) is 12.5. The first-order valence-corrected chi connectivity index (χ1v) is 8.96. The van der Waals surface area contributed by atoms with Crippen LogP contribution in [0.3, 0.4) is 0 Å². The Hall–Kier alpha value is -2.22. The molecule has 26 heavy (non-hydrogen) atoms. The summed E-state index contributed by atoms with van der Waals surface area (Å²) >= 11 is 0. The van der Waals surface area contributed by atoms with Crippen LogP contribution in [0, 0.1) is 13.8 Å². The van der Waals surface area contributed by atoms with Gasteiger partial charge in [-0.25, -0.2) is 4.98 Å². The highest BCUT2D eigenvalue weighted by molar-refractivity contribution is 5.61. The van der Waals surface area contributed by atoms with Gasteiger partial charge in [-0.1, -0.05) is 0 Å². The molecule has 2 aliphatic rings. The summed E-state index contributed by atoms with van der Waals surface area (Å²) in [5.74, 6) is 0.595. The Labute approximate surface area is 153 Å². The van der Waals surface area contributed by atoms with Gasteiger partial charge in [0.2, 0.25) is 12.3 Å². The van der Waals surface area contributed by atoms with Gasteiger partial charge >= 0.3 is 0 Å². The Kier molecular flexibility index (Phi) is 4.52. The third-order valence-electron chi connectivity index (χ3n) is 5.08. The third kappa shape index (κ3) is 3.25. The number of nitrogens with zero attached hydrogens (tertiary/aromatic N) is 4. The van der Waals surface area contributed by atoms with Crippen molar-refractivity contribution in [2.24, 2.45) is 0 Å². The lowest BCUT2D eigenvalue weighted by molar-refractivity contribution is -0.422. The van der Waals surface area contributed by atoms with E-state index in [1.165, 1.54) is 5.69 Å². The fourth-order valence-corrected chi connectivity index (χ4v) is 3.27. The standard InChI is InChI=1S/C19H24N4O3/c1-12-13(2)20-17(21-18(12)24)15-4-6-16(7-5-15)22-8-10-23(11-9-22)19-25-14(3)26-19/h4-7,14,19H,8-11H2,1-3H3,(H,20,21,24). The summed E-state index contributed by atoms with van der Waals surface area (Å²) in [4.78, 5) is 13.2. The van der Waals surface area contributed by atoms with Gasteiger partial charge in [0, 0.05) is 48.7 Å². The summed E-state index contributed by atoms with van der Waals surface area (Å²) in [5.41, 5.74) is 3.58. The molecular formula is C19H24N4O3. The number of hydrogen-bond acceptors (Lipinski definition) is 7. The van der Waals surface area contributed by atoms with Gasteiger partial charge in [0.05, 0.1) is 0 Å². The van der Waals surface area contributed by atoms with Crippen LogP contribution in [0.2, 0.25) is 0 Å². The van der Waals surface area contributed by atoms with E-state index in [9.17, 15) is 5.11 Å². The predicted octanol–water partition coefficient (Wildman–Crippen LogP) is 2.26. The SMILES string of the molecule is Cc1nc(-c2ccc(N3CCN(C4OC(C)O4)CC3)cc2)nc(O)c1C. The van der Waals surface area contributed by atoms with E-state index in [0.717, 1.165) is 43.0 Å². The number of aromatic nitrogens is 2. The Balaban J connectivity index is 1.42. The molecular weight excluding hydrogens is 332 g/mol. The fraction of sp³-hybridized carbons (Fsp3) is 0.474. The smallest absolute Gasteiger partial charge is 0.223 e. The van der Waals surface area contributed by atoms with E-state index < -0.39 is 0 Å². The van der Waals surface area contributed by atoms with Crippen molar-refractivity contribution in [3.63, 3.8) is 0 Å². The van der Waals surface area contributed by atoms with Crippen molar-refractivity contribution in [3.05, 3.63) is 35.5 Å². The number of rotatable bonds is 3. The van der Waals surface area contributed by atoms with Gasteiger partial charge in [0.25, 0.3) is 0 Å². The summed E-state index contributed by atoms with van der Waals surface area (Å²) in [6.07, 6.45) is -0.262. The highest BCUT2D eigenvalue weighted by Gasteiger charge is 2.34. The van der Waals surface area contributed by atoms with Crippen LogP contribution < -0.4 is 4.90 Å². The Morgan fingerprint density at radius 1 is 1.00 bits per heavy atom. The quantitative estimate of drug-likeness (QED) is 0.904. The van der Waals surface area contributed by atoms with Crippen molar-refractivity contribution in [2.75, 3.05) is 31.1 Å². The summed E-state index contributed by atoms with van der Waals surface area (Å²) in [7, 11) is 0. The molecule has 0 bridgehead atoms. The highest BCUT2D eigenvalue weighted by Crippen LogP contribution is 2.26. The van der Waals surface area contributed by atoms with Crippen molar-refractivity contribution in [2.45, 2.75) is 33.5 Å². The molecule has 0 radical (unpaired) electrons. The van der Waals surface area contributed by atoms with Crippen LogP contribution in [-0.4, -0.2) is 58.9 Å². The van der Waals surface area contributed by atoms with Gasteiger partial charge in [-0.3, -0.25) is 4.90 Å². The highest BCUT2D eigenvalue weighted by atomic mass is 16.9. The molecule has 1 aromatic carbocycles. The summed E-state index contributed by atoms with van der Waals surface area (Å²) in [6, 6.07) is 8.17. The van der Waals surface area contributed by atoms with E-state index in [2.05, 4.69) is 31.9 Å². The number of ether oxygens (including phenoxy) is 2. The topological polar surface area (TPSA) is 71.0 Å². The van der Waals surface area contributed by atoms with Crippen LogP contribution >= 0.6 is 0 Å². The number of benzene rings is 1. The van der Waals surface area contributed by atoms with Crippen LogP contribution in [0.4, 0.5) is 5.69 Å². The lowest BCUT2D eigenvalue weighted by Gasteiger charge is -2.45. The molecule has 2 aliphatic heterocycles. The molecule has 0 atom stereocenters. The number of aromatic hydroxyl groups is 1. The van der Waals surface area contributed by atoms with Crippen LogP contribution in [0.1, 0.15) is 18.2 Å². The molecule has 2 aromatic rings. The van der Waals surface area contributed by atoms with Crippen LogP contribution in [0.5, 0.6) is 5.88 Å². The second-order valence-electron chi connectivity index (χ2n) is 6.80. The maximum absolute atomic E-state index is 9.93. The van der Waals surface area contributed by atoms with Crippen LogP contribution in [-0.2, 0) is 9.47 Å². The molecule has 0 unspecified atom stereocenters. The number of anilines is 1. The minimum atomic E-state index is -0.177. The second-order valence-corrected chi connectivity index (χ2v) is 6.80. The molecule has 3 heterocycles.